The standard InChI is InChI=1S/C12H15BrClNO/c1-9(5-6-14)15-12(16)8-10-3-2-4-11(13)7-10/h2-4,7,9H,5-6,8H2,1H3,(H,15,16). The van der Waals surface area contributed by atoms with E-state index in [2.05, 4.69) is 21.2 Å². The van der Waals surface area contributed by atoms with Crippen LogP contribution in [0.15, 0.2) is 28.7 Å². The van der Waals surface area contributed by atoms with Gasteiger partial charge < -0.3 is 5.32 Å². The van der Waals surface area contributed by atoms with Crippen LogP contribution in [-0.4, -0.2) is 17.8 Å². The molecule has 4 heteroatoms. The van der Waals surface area contributed by atoms with Crippen LogP contribution in [0.1, 0.15) is 18.9 Å². The first-order valence-corrected chi connectivity index (χ1v) is 6.54. The zero-order valence-electron chi connectivity index (χ0n) is 9.17. The fraction of sp³-hybridized carbons (Fsp3) is 0.417. The lowest BCUT2D eigenvalue weighted by molar-refractivity contribution is -0.121. The van der Waals surface area contributed by atoms with Gasteiger partial charge in [-0.2, -0.15) is 0 Å². The highest BCUT2D eigenvalue weighted by Gasteiger charge is 2.07. The fourth-order valence-corrected chi connectivity index (χ4v) is 2.17. The fourth-order valence-electron chi connectivity index (χ4n) is 1.39. The SMILES string of the molecule is CC(CCCl)NC(=O)Cc1cccc(Br)c1. The molecule has 1 atom stereocenters. The number of halogens is 2. The Labute approximate surface area is 110 Å². The first-order chi connectivity index (χ1) is 7.61. The molecule has 0 spiro atoms. The van der Waals surface area contributed by atoms with Crippen molar-refractivity contribution in [3.63, 3.8) is 0 Å². The van der Waals surface area contributed by atoms with Gasteiger partial charge in [0.2, 0.25) is 5.91 Å². The van der Waals surface area contributed by atoms with Gasteiger partial charge in [-0.05, 0) is 31.0 Å². The summed E-state index contributed by atoms with van der Waals surface area (Å²) in [6, 6.07) is 7.89. The lowest BCUT2D eigenvalue weighted by Gasteiger charge is -2.12. The third-order valence-electron chi connectivity index (χ3n) is 2.20. The van der Waals surface area contributed by atoms with Crippen LogP contribution >= 0.6 is 27.5 Å². The van der Waals surface area contributed by atoms with E-state index in [0.717, 1.165) is 16.5 Å². The van der Waals surface area contributed by atoms with Crippen molar-refractivity contribution in [3.8, 4) is 0 Å². The molecule has 16 heavy (non-hydrogen) atoms. The number of carbonyl (C=O) groups is 1. The molecular formula is C12H15BrClNO. The van der Waals surface area contributed by atoms with Crippen molar-refractivity contribution < 1.29 is 4.79 Å². The monoisotopic (exact) mass is 303 g/mol. The second kappa shape index (κ2) is 6.92. The van der Waals surface area contributed by atoms with Gasteiger partial charge in [0.25, 0.3) is 0 Å². The van der Waals surface area contributed by atoms with Crippen LogP contribution in [0.3, 0.4) is 0 Å². The number of carbonyl (C=O) groups excluding carboxylic acids is 1. The van der Waals surface area contributed by atoms with Gasteiger partial charge in [-0.25, -0.2) is 0 Å². The molecule has 0 saturated heterocycles. The molecule has 0 heterocycles. The Morgan fingerprint density at radius 2 is 2.31 bits per heavy atom. The van der Waals surface area contributed by atoms with Gasteiger partial charge in [0.15, 0.2) is 0 Å². The largest absolute Gasteiger partial charge is 0.353 e. The Balaban J connectivity index is 2.45. The second-order valence-electron chi connectivity index (χ2n) is 3.75. The minimum Gasteiger partial charge on any atom is -0.353 e. The Bertz CT molecular complexity index is 357. The summed E-state index contributed by atoms with van der Waals surface area (Å²) in [5, 5.41) is 2.91. The topological polar surface area (TPSA) is 29.1 Å². The minimum atomic E-state index is 0.0377. The van der Waals surface area contributed by atoms with E-state index in [1.807, 2.05) is 31.2 Å². The van der Waals surface area contributed by atoms with E-state index in [1.165, 1.54) is 0 Å². The Morgan fingerprint density at radius 1 is 1.56 bits per heavy atom. The van der Waals surface area contributed by atoms with E-state index < -0.39 is 0 Å². The number of rotatable bonds is 5. The summed E-state index contributed by atoms with van der Waals surface area (Å²) < 4.78 is 0.992. The molecule has 1 aromatic rings. The van der Waals surface area contributed by atoms with E-state index in [1.54, 1.807) is 0 Å². The molecule has 2 nitrogen and oxygen atoms in total. The molecule has 0 bridgehead atoms. The Kier molecular flexibility index (Phi) is 5.85. The lowest BCUT2D eigenvalue weighted by atomic mass is 10.1. The highest BCUT2D eigenvalue weighted by atomic mass is 79.9. The molecule has 0 aliphatic carbocycles. The molecule has 1 unspecified atom stereocenters. The molecular weight excluding hydrogens is 289 g/mol. The number of hydrogen-bond donors (Lipinski definition) is 1. The summed E-state index contributed by atoms with van der Waals surface area (Å²) in [6.45, 7) is 1.96. The number of amides is 1. The minimum absolute atomic E-state index is 0.0377. The van der Waals surface area contributed by atoms with Crippen molar-refractivity contribution in [3.05, 3.63) is 34.3 Å². The Morgan fingerprint density at radius 3 is 2.94 bits per heavy atom. The number of hydrogen-bond acceptors (Lipinski definition) is 1. The van der Waals surface area contributed by atoms with Crippen LogP contribution in [-0.2, 0) is 11.2 Å². The highest BCUT2D eigenvalue weighted by Crippen LogP contribution is 2.12. The molecule has 0 fully saturated rings. The van der Waals surface area contributed by atoms with Crippen molar-refractivity contribution in [1.82, 2.24) is 5.32 Å². The molecule has 1 N–H and O–H groups in total. The summed E-state index contributed by atoms with van der Waals surface area (Å²) in [5.41, 5.74) is 1.00. The van der Waals surface area contributed by atoms with Crippen LogP contribution in [0, 0.1) is 0 Å². The van der Waals surface area contributed by atoms with Gasteiger partial charge in [0.05, 0.1) is 6.42 Å². The number of benzene rings is 1. The predicted octanol–water partition coefficient (Wildman–Crippen LogP) is 3.13. The van der Waals surface area contributed by atoms with Gasteiger partial charge in [-0.1, -0.05) is 28.1 Å². The molecule has 0 aliphatic heterocycles. The average molecular weight is 305 g/mol. The molecule has 88 valence electrons. The third-order valence-corrected chi connectivity index (χ3v) is 2.91. The normalized spacial score (nSPS) is 12.2. The van der Waals surface area contributed by atoms with Gasteiger partial charge in [0, 0.05) is 16.4 Å². The molecule has 1 aromatic carbocycles. The lowest BCUT2D eigenvalue weighted by Crippen LogP contribution is -2.33. The van der Waals surface area contributed by atoms with Crippen molar-refractivity contribution in [2.45, 2.75) is 25.8 Å². The quantitative estimate of drug-likeness (QED) is 0.832. The van der Waals surface area contributed by atoms with Crippen molar-refractivity contribution in [2.75, 3.05) is 5.88 Å². The van der Waals surface area contributed by atoms with Gasteiger partial charge in [0.1, 0.15) is 0 Å². The predicted molar refractivity (Wildman–Crippen MR) is 70.8 cm³/mol. The molecule has 0 saturated carbocycles. The van der Waals surface area contributed by atoms with Crippen LogP contribution in [0.5, 0.6) is 0 Å². The van der Waals surface area contributed by atoms with Crippen LogP contribution < -0.4 is 5.32 Å². The van der Waals surface area contributed by atoms with E-state index in [-0.39, 0.29) is 11.9 Å². The first kappa shape index (κ1) is 13.5. The van der Waals surface area contributed by atoms with E-state index >= 15 is 0 Å². The van der Waals surface area contributed by atoms with Crippen LogP contribution in [0.4, 0.5) is 0 Å². The molecule has 0 radical (unpaired) electrons. The van der Waals surface area contributed by atoms with E-state index in [4.69, 9.17) is 11.6 Å². The molecule has 1 rings (SSSR count). The van der Waals surface area contributed by atoms with Crippen LogP contribution in [0.25, 0.3) is 0 Å². The maximum atomic E-state index is 11.6. The first-order valence-electron chi connectivity index (χ1n) is 5.21. The zero-order valence-corrected chi connectivity index (χ0v) is 11.5. The number of nitrogens with one attached hydrogen (secondary N) is 1. The van der Waals surface area contributed by atoms with E-state index in [0.29, 0.717) is 12.3 Å². The third kappa shape index (κ3) is 4.99. The highest BCUT2D eigenvalue weighted by molar-refractivity contribution is 9.10. The molecule has 0 aliphatic rings. The average Bonchev–Trinajstić information content (AvgIpc) is 2.17. The van der Waals surface area contributed by atoms with Gasteiger partial charge >= 0.3 is 0 Å². The Hall–Kier alpha value is -0.540. The maximum absolute atomic E-state index is 11.6. The second-order valence-corrected chi connectivity index (χ2v) is 5.05. The van der Waals surface area contributed by atoms with Crippen molar-refractivity contribution >= 4 is 33.4 Å². The summed E-state index contributed by atoms with van der Waals surface area (Å²) >= 11 is 8.98. The zero-order chi connectivity index (χ0) is 12.0. The van der Waals surface area contributed by atoms with Crippen molar-refractivity contribution in [1.29, 1.82) is 0 Å². The van der Waals surface area contributed by atoms with Gasteiger partial charge in [-0.15, -0.1) is 11.6 Å². The summed E-state index contributed by atoms with van der Waals surface area (Å²) in [4.78, 5) is 11.6. The summed E-state index contributed by atoms with van der Waals surface area (Å²) in [7, 11) is 0. The molecule has 1 amide bonds. The van der Waals surface area contributed by atoms with Gasteiger partial charge in [-0.3, -0.25) is 4.79 Å². The summed E-state index contributed by atoms with van der Waals surface area (Å²) in [6.07, 6.45) is 1.21. The summed E-state index contributed by atoms with van der Waals surface area (Å²) in [5.74, 6) is 0.605. The molecule has 0 aromatic heterocycles. The smallest absolute Gasteiger partial charge is 0.224 e. The number of alkyl halides is 1. The van der Waals surface area contributed by atoms with Crippen molar-refractivity contribution in [2.24, 2.45) is 0 Å². The van der Waals surface area contributed by atoms with Crippen LogP contribution in [0.2, 0.25) is 0 Å². The maximum Gasteiger partial charge on any atom is 0.224 e. The van der Waals surface area contributed by atoms with E-state index in [9.17, 15) is 4.79 Å².